The fraction of sp³-hybridized carbons (Fsp3) is 0.455. The second-order valence-corrected chi connectivity index (χ2v) is 4.96. The highest BCUT2D eigenvalue weighted by molar-refractivity contribution is 14.1. The van der Waals surface area contributed by atoms with Crippen LogP contribution in [-0.4, -0.2) is 29.0 Å². The monoisotopic (exact) mass is 331 g/mol. The predicted molar refractivity (Wildman–Crippen MR) is 69.8 cm³/mol. The van der Waals surface area contributed by atoms with Gasteiger partial charge in [-0.1, -0.05) is 6.42 Å². The van der Waals surface area contributed by atoms with Gasteiger partial charge in [0, 0.05) is 19.3 Å². The van der Waals surface area contributed by atoms with Crippen LogP contribution in [0.15, 0.2) is 18.3 Å². The van der Waals surface area contributed by atoms with Gasteiger partial charge in [-0.15, -0.1) is 0 Å². The standard InChI is InChI=1S/C11H14IN3O/c12-10-5-4-9(8-13-10)11(16)14-15-6-2-1-3-7-15/h4-5,8H,1-3,6-7H2,(H,14,16). The van der Waals surface area contributed by atoms with Crippen molar-refractivity contribution in [2.75, 3.05) is 13.1 Å². The molecule has 0 unspecified atom stereocenters. The largest absolute Gasteiger partial charge is 0.285 e. The van der Waals surface area contributed by atoms with E-state index < -0.39 is 0 Å². The van der Waals surface area contributed by atoms with Gasteiger partial charge >= 0.3 is 0 Å². The first-order chi connectivity index (χ1) is 7.75. The molecule has 0 aromatic carbocycles. The van der Waals surface area contributed by atoms with Gasteiger partial charge in [0.2, 0.25) is 0 Å². The van der Waals surface area contributed by atoms with E-state index in [1.807, 2.05) is 11.1 Å². The van der Waals surface area contributed by atoms with Crippen molar-refractivity contribution in [1.29, 1.82) is 0 Å². The van der Waals surface area contributed by atoms with E-state index in [1.165, 1.54) is 6.42 Å². The van der Waals surface area contributed by atoms with Crippen LogP contribution in [0.1, 0.15) is 29.6 Å². The zero-order chi connectivity index (χ0) is 11.4. The summed E-state index contributed by atoms with van der Waals surface area (Å²) in [5.74, 6) is -0.0641. The third-order valence-corrected chi connectivity index (χ3v) is 3.24. The molecular weight excluding hydrogens is 317 g/mol. The van der Waals surface area contributed by atoms with Gasteiger partial charge < -0.3 is 0 Å². The van der Waals surface area contributed by atoms with Crippen LogP contribution in [0.25, 0.3) is 0 Å². The average molecular weight is 331 g/mol. The number of rotatable bonds is 2. The summed E-state index contributed by atoms with van der Waals surface area (Å²) in [4.78, 5) is 15.9. The molecule has 0 bridgehead atoms. The minimum Gasteiger partial charge on any atom is -0.285 e. The first-order valence-corrected chi connectivity index (χ1v) is 6.51. The fourth-order valence-electron chi connectivity index (χ4n) is 1.72. The molecule has 86 valence electrons. The molecule has 1 amide bonds. The topological polar surface area (TPSA) is 45.2 Å². The lowest BCUT2D eigenvalue weighted by atomic mass is 10.2. The van der Waals surface area contributed by atoms with E-state index in [2.05, 4.69) is 33.0 Å². The Labute approximate surface area is 109 Å². The average Bonchev–Trinajstić information content (AvgIpc) is 2.31. The van der Waals surface area contributed by atoms with Gasteiger partial charge in [-0.2, -0.15) is 0 Å². The molecule has 4 nitrogen and oxygen atoms in total. The van der Waals surface area contributed by atoms with E-state index in [9.17, 15) is 4.79 Å². The lowest BCUT2D eigenvalue weighted by Crippen LogP contribution is -2.45. The van der Waals surface area contributed by atoms with E-state index in [4.69, 9.17) is 0 Å². The molecule has 16 heavy (non-hydrogen) atoms. The maximum Gasteiger partial charge on any atom is 0.267 e. The van der Waals surface area contributed by atoms with Gasteiger partial charge in [-0.05, 0) is 47.6 Å². The number of hydrogen-bond donors (Lipinski definition) is 1. The summed E-state index contributed by atoms with van der Waals surface area (Å²) in [7, 11) is 0. The smallest absolute Gasteiger partial charge is 0.267 e. The van der Waals surface area contributed by atoms with Crippen molar-refractivity contribution in [3.8, 4) is 0 Å². The summed E-state index contributed by atoms with van der Waals surface area (Å²) < 4.78 is 0.895. The maximum atomic E-state index is 11.8. The molecule has 1 fully saturated rings. The van der Waals surface area contributed by atoms with Gasteiger partial charge in [0.15, 0.2) is 0 Å². The van der Waals surface area contributed by atoms with E-state index in [0.717, 1.165) is 29.6 Å². The van der Waals surface area contributed by atoms with Crippen molar-refractivity contribution in [2.45, 2.75) is 19.3 Å². The molecule has 1 saturated heterocycles. The van der Waals surface area contributed by atoms with Crippen molar-refractivity contribution in [3.63, 3.8) is 0 Å². The summed E-state index contributed by atoms with van der Waals surface area (Å²) in [6, 6.07) is 3.64. The van der Waals surface area contributed by atoms with E-state index in [1.54, 1.807) is 12.3 Å². The van der Waals surface area contributed by atoms with Gasteiger partial charge in [-0.3, -0.25) is 10.2 Å². The molecule has 2 rings (SSSR count). The van der Waals surface area contributed by atoms with Gasteiger partial charge in [0.05, 0.1) is 5.56 Å². The number of nitrogens with zero attached hydrogens (tertiary/aromatic N) is 2. The highest BCUT2D eigenvalue weighted by atomic mass is 127. The van der Waals surface area contributed by atoms with Gasteiger partial charge in [-0.25, -0.2) is 9.99 Å². The Kier molecular flexibility index (Phi) is 4.11. The first kappa shape index (κ1) is 11.8. The molecule has 0 atom stereocenters. The summed E-state index contributed by atoms with van der Waals surface area (Å²) in [6.45, 7) is 1.90. The zero-order valence-electron chi connectivity index (χ0n) is 8.95. The quantitative estimate of drug-likeness (QED) is 0.664. The van der Waals surface area contributed by atoms with E-state index in [0.29, 0.717) is 5.56 Å². The van der Waals surface area contributed by atoms with Crippen LogP contribution in [-0.2, 0) is 0 Å². The summed E-state index contributed by atoms with van der Waals surface area (Å²) in [6.07, 6.45) is 5.19. The van der Waals surface area contributed by atoms with Crippen LogP contribution in [0.2, 0.25) is 0 Å². The van der Waals surface area contributed by atoms with Crippen LogP contribution < -0.4 is 5.43 Å². The normalized spacial score (nSPS) is 17.1. The minimum atomic E-state index is -0.0641. The first-order valence-electron chi connectivity index (χ1n) is 5.43. The molecule has 2 heterocycles. The Morgan fingerprint density at radius 2 is 2.06 bits per heavy atom. The molecular formula is C11H14IN3O. The summed E-state index contributed by atoms with van der Waals surface area (Å²) >= 11 is 2.12. The highest BCUT2D eigenvalue weighted by Gasteiger charge is 2.13. The van der Waals surface area contributed by atoms with Crippen LogP contribution in [0.3, 0.4) is 0 Å². The number of halogens is 1. The summed E-state index contributed by atoms with van der Waals surface area (Å²) in [5, 5.41) is 1.99. The number of amides is 1. The second kappa shape index (κ2) is 5.58. The Balaban J connectivity index is 1.94. The van der Waals surface area contributed by atoms with Crippen molar-refractivity contribution >= 4 is 28.5 Å². The molecule has 0 spiro atoms. The molecule has 0 radical (unpaired) electrons. The lowest BCUT2D eigenvalue weighted by Gasteiger charge is -2.26. The van der Waals surface area contributed by atoms with Crippen LogP contribution in [0.4, 0.5) is 0 Å². The molecule has 5 heteroatoms. The summed E-state index contributed by atoms with van der Waals surface area (Å²) in [5.41, 5.74) is 3.52. The van der Waals surface area contributed by atoms with Crippen LogP contribution in [0, 0.1) is 3.70 Å². The maximum absolute atomic E-state index is 11.8. The third kappa shape index (κ3) is 3.15. The Hall–Kier alpha value is -0.690. The fourth-order valence-corrected chi connectivity index (χ4v) is 2.04. The molecule has 1 aromatic rings. The van der Waals surface area contributed by atoms with E-state index >= 15 is 0 Å². The van der Waals surface area contributed by atoms with Crippen molar-refractivity contribution < 1.29 is 4.79 Å². The molecule has 1 aromatic heterocycles. The predicted octanol–water partition coefficient (Wildman–Crippen LogP) is 1.82. The number of aromatic nitrogens is 1. The number of carbonyl (C=O) groups excluding carboxylic acids is 1. The molecule has 1 aliphatic rings. The number of carbonyl (C=O) groups is 1. The van der Waals surface area contributed by atoms with Gasteiger partial charge in [0.1, 0.15) is 3.70 Å². The Morgan fingerprint density at radius 1 is 1.31 bits per heavy atom. The number of hydrogen-bond acceptors (Lipinski definition) is 3. The van der Waals surface area contributed by atoms with Crippen LogP contribution in [0.5, 0.6) is 0 Å². The molecule has 1 N–H and O–H groups in total. The van der Waals surface area contributed by atoms with Crippen molar-refractivity contribution in [3.05, 3.63) is 27.6 Å². The SMILES string of the molecule is O=C(NN1CCCCC1)c1ccc(I)nc1. The number of hydrazine groups is 1. The van der Waals surface area contributed by atoms with Crippen molar-refractivity contribution in [2.24, 2.45) is 0 Å². The molecule has 0 aliphatic carbocycles. The van der Waals surface area contributed by atoms with E-state index in [-0.39, 0.29) is 5.91 Å². The number of piperidine rings is 1. The second-order valence-electron chi connectivity index (χ2n) is 3.86. The van der Waals surface area contributed by atoms with Gasteiger partial charge in [0.25, 0.3) is 5.91 Å². The number of nitrogens with one attached hydrogen (secondary N) is 1. The van der Waals surface area contributed by atoms with Crippen LogP contribution >= 0.6 is 22.6 Å². The molecule has 0 saturated carbocycles. The van der Waals surface area contributed by atoms with Crippen molar-refractivity contribution in [1.82, 2.24) is 15.4 Å². The highest BCUT2D eigenvalue weighted by Crippen LogP contribution is 2.07. The third-order valence-electron chi connectivity index (χ3n) is 2.61. The lowest BCUT2D eigenvalue weighted by molar-refractivity contribution is 0.0749. The Morgan fingerprint density at radius 3 is 2.69 bits per heavy atom. The zero-order valence-corrected chi connectivity index (χ0v) is 11.1. The molecule has 1 aliphatic heterocycles. The minimum absolute atomic E-state index is 0.0641. The number of pyridine rings is 1. The Bertz CT molecular complexity index is 360.